The predicted octanol–water partition coefficient (Wildman–Crippen LogP) is -0.323. The zero-order valence-corrected chi connectivity index (χ0v) is 12.1. The summed E-state index contributed by atoms with van der Waals surface area (Å²) in [6.07, 6.45) is 3.82. The number of nitrogens with zero attached hydrogens (tertiary/aromatic N) is 3. The van der Waals surface area contributed by atoms with E-state index in [-0.39, 0.29) is 12.1 Å². The maximum atomic E-state index is 12.1. The molecule has 0 aliphatic heterocycles. The summed E-state index contributed by atoms with van der Waals surface area (Å²) in [5.41, 5.74) is -0.607. The van der Waals surface area contributed by atoms with Crippen molar-refractivity contribution < 1.29 is 5.11 Å². The van der Waals surface area contributed by atoms with Gasteiger partial charge in [0.2, 0.25) is 5.95 Å². The first-order valence-electron chi connectivity index (χ1n) is 7.02. The molecule has 0 radical (unpaired) electrons. The van der Waals surface area contributed by atoms with Crippen molar-refractivity contribution in [1.29, 1.82) is 0 Å². The molecule has 0 saturated heterocycles. The molecule has 3 N–H and O–H groups in total. The monoisotopic (exact) mass is 293 g/mol. The number of H-pyrrole nitrogens is 1. The Bertz CT molecular complexity index is 794. The van der Waals surface area contributed by atoms with Crippen LogP contribution in [0.25, 0.3) is 11.2 Å². The van der Waals surface area contributed by atoms with Crippen LogP contribution in [0.15, 0.2) is 9.59 Å². The fraction of sp³-hybridized carbons (Fsp3) is 0.615. The highest BCUT2D eigenvalue weighted by atomic mass is 16.3. The normalized spacial score (nSPS) is 17.5. The molecule has 3 rings (SSSR count). The third-order valence-electron chi connectivity index (χ3n) is 4.34. The quantitative estimate of drug-likeness (QED) is 0.719. The number of hydrogen-bond acceptors (Lipinski definition) is 5. The van der Waals surface area contributed by atoms with Gasteiger partial charge in [0.15, 0.2) is 11.2 Å². The molecule has 2 aromatic rings. The molecule has 1 saturated carbocycles. The van der Waals surface area contributed by atoms with Crippen molar-refractivity contribution in [2.75, 3.05) is 11.9 Å². The summed E-state index contributed by atoms with van der Waals surface area (Å²) in [5.74, 6) is 0.416. The molecule has 114 valence electrons. The first-order chi connectivity index (χ1) is 9.97. The molecule has 2 heterocycles. The molecule has 8 nitrogen and oxygen atoms in total. The number of rotatable bonds is 3. The molecule has 8 heteroatoms. The van der Waals surface area contributed by atoms with Gasteiger partial charge in [-0.3, -0.25) is 13.9 Å². The molecular formula is C13H19N5O3. The van der Waals surface area contributed by atoms with Gasteiger partial charge in [-0.1, -0.05) is 12.8 Å². The smallest absolute Gasteiger partial charge is 0.332 e. The Morgan fingerprint density at radius 2 is 1.95 bits per heavy atom. The average molecular weight is 293 g/mol. The van der Waals surface area contributed by atoms with Crippen molar-refractivity contribution in [3.8, 4) is 0 Å². The number of imidazole rings is 1. The maximum absolute atomic E-state index is 12.1. The van der Waals surface area contributed by atoms with Crippen LogP contribution in [0.4, 0.5) is 5.95 Å². The van der Waals surface area contributed by atoms with Gasteiger partial charge in [-0.2, -0.15) is 4.98 Å². The molecule has 21 heavy (non-hydrogen) atoms. The summed E-state index contributed by atoms with van der Waals surface area (Å²) in [4.78, 5) is 31.2. The SMILES string of the molecule is Cn1c(=O)c2[nH]c(NC3(CO)CCCC3)nc2n(C)c1=O. The van der Waals surface area contributed by atoms with Crippen LogP contribution in [-0.4, -0.2) is 36.4 Å². The van der Waals surface area contributed by atoms with Gasteiger partial charge >= 0.3 is 5.69 Å². The first kappa shape index (κ1) is 13.9. The van der Waals surface area contributed by atoms with Crippen molar-refractivity contribution >= 4 is 17.1 Å². The molecule has 2 aromatic heterocycles. The lowest BCUT2D eigenvalue weighted by Gasteiger charge is -2.27. The molecule has 1 aliphatic rings. The fourth-order valence-corrected chi connectivity index (χ4v) is 3.01. The maximum Gasteiger partial charge on any atom is 0.332 e. The molecule has 0 atom stereocenters. The molecule has 0 aromatic carbocycles. The Morgan fingerprint density at radius 1 is 1.29 bits per heavy atom. The van der Waals surface area contributed by atoms with Crippen LogP contribution >= 0.6 is 0 Å². The van der Waals surface area contributed by atoms with Crippen LogP contribution in [0.3, 0.4) is 0 Å². The second kappa shape index (κ2) is 4.73. The van der Waals surface area contributed by atoms with Crippen molar-refractivity contribution in [3.63, 3.8) is 0 Å². The highest BCUT2D eigenvalue weighted by Gasteiger charge is 2.34. The molecule has 0 spiro atoms. The van der Waals surface area contributed by atoms with Crippen molar-refractivity contribution in [2.24, 2.45) is 14.1 Å². The van der Waals surface area contributed by atoms with Gasteiger partial charge in [-0.05, 0) is 12.8 Å². The van der Waals surface area contributed by atoms with Crippen LogP contribution in [0, 0.1) is 0 Å². The van der Waals surface area contributed by atoms with E-state index in [1.54, 1.807) is 7.05 Å². The number of fused-ring (bicyclic) bond motifs is 1. The molecule has 0 amide bonds. The van der Waals surface area contributed by atoms with Gasteiger partial charge in [0.1, 0.15) is 0 Å². The average Bonchev–Trinajstić information content (AvgIpc) is 3.11. The van der Waals surface area contributed by atoms with Crippen LogP contribution in [0.2, 0.25) is 0 Å². The zero-order valence-electron chi connectivity index (χ0n) is 12.1. The Hall–Kier alpha value is -2.09. The highest BCUT2D eigenvalue weighted by molar-refractivity contribution is 5.72. The molecular weight excluding hydrogens is 274 g/mol. The van der Waals surface area contributed by atoms with Gasteiger partial charge in [-0.25, -0.2) is 4.79 Å². The van der Waals surface area contributed by atoms with E-state index in [0.717, 1.165) is 30.3 Å². The van der Waals surface area contributed by atoms with Crippen LogP contribution < -0.4 is 16.6 Å². The minimum Gasteiger partial charge on any atom is -0.394 e. The fourth-order valence-electron chi connectivity index (χ4n) is 3.01. The second-order valence-corrected chi connectivity index (χ2v) is 5.76. The summed E-state index contributed by atoms with van der Waals surface area (Å²) >= 11 is 0. The predicted molar refractivity (Wildman–Crippen MR) is 78.5 cm³/mol. The standard InChI is InChI=1S/C13H19N5O3/c1-17-9-8(10(20)18(2)12(17)21)14-11(15-9)16-13(7-19)5-3-4-6-13/h19H,3-7H2,1-2H3,(H2,14,15,16). The summed E-state index contributed by atoms with van der Waals surface area (Å²) in [7, 11) is 3.01. The molecule has 1 fully saturated rings. The number of anilines is 1. The number of aromatic nitrogens is 4. The van der Waals surface area contributed by atoms with E-state index in [4.69, 9.17) is 0 Å². The van der Waals surface area contributed by atoms with E-state index in [1.807, 2.05) is 0 Å². The van der Waals surface area contributed by atoms with Crippen LogP contribution in [0.1, 0.15) is 25.7 Å². The summed E-state index contributed by atoms with van der Waals surface area (Å²) < 4.78 is 2.38. The van der Waals surface area contributed by atoms with Gasteiger partial charge in [0, 0.05) is 14.1 Å². The minimum absolute atomic E-state index is 0.0149. The van der Waals surface area contributed by atoms with Gasteiger partial charge in [-0.15, -0.1) is 0 Å². The topological polar surface area (TPSA) is 105 Å². The Morgan fingerprint density at radius 3 is 2.57 bits per heavy atom. The lowest BCUT2D eigenvalue weighted by Crippen LogP contribution is -2.39. The lowest BCUT2D eigenvalue weighted by atomic mass is 9.99. The molecule has 0 unspecified atom stereocenters. The van der Waals surface area contributed by atoms with E-state index < -0.39 is 16.8 Å². The van der Waals surface area contributed by atoms with Gasteiger partial charge in [0.25, 0.3) is 5.56 Å². The number of hydrogen-bond donors (Lipinski definition) is 3. The number of aliphatic hydroxyl groups is 1. The third kappa shape index (κ3) is 2.06. The van der Waals surface area contributed by atoms with E-state index >= 15 is 0 Å². The highest BCUT2D eigenvalue weighted by Crippen LogP contribution is 2.32. The van der Waals surface area contributed by atoms with Crippen molar-refractivity contribution in [3.05, 3.63) is 20.8 Å². The Balaban J connectivity index is 2.10. The van der Waals surface area contributed by atoms with Gasteiger partial charge < -0.3 is 15.4 Å². The number of aliphatic hydroxyl groups excluding tert-OH is 1. The number of nitrogens with one attached hydrogen (secondary N) is 2. The van der Waals surface area contributed by atoms with Crippen molar-refractivity contribution in [2.45, 2.75) is 31.2 Å². The first-order valence-corrected chi connectivity index (χ1v) is 7.02. The Labute approximate surface area is 120 Å². The van der Waals surface area contributed by atoms with E-state index in [1.165, 1.54) is 11.6 Å². The molecule has 0 bridgehead atoms. The Kier molecular flexibility index (Phi) is 3.12. The number of aryl methyl sites for hydroxylation is 1. The largest absolute Gasteiger partial charge is 0.394 e. The molecule has 1 aliphatic carbocycles. The van der Waals surface area contributed by atoms with E-state index in [0.29, 0.717) is 11.6 Å². The number of aromatic amines is 1. The second-order valence-electron chi connectivity index (χ2n) is 5.76. The van der Waals surface area contributed by atoms with E-state index in [2.05, 4.69) is 15.3 Å². The van der Waals surface area contributed by atoms with Gasteiger partial charge in [0.05, 0.1) is 12.1 Å². The lowest BCUT2D eigenvalue weighted by molar-refractivity contribution is 0.213. The minimum atomic E-state index is -0.414. The van der Waals surface area contributed by atoms with Crippen LogP contribution in [0.5, 0.6) is 0 Å². The van der Waals surface area contributed by atoms with Crippen LogP contribution in [-0.2, 0) is 14.1 Å². The third-order valence-corrected chi connectivity index (χ3v) is 4.34. The summed E-state index contributed by atoms with van der Waals surface area (Å²) in [6, 6.07) is 0. The van der Waals surface area contributed by atoms with Crippen molar-refractivity contribution in [1.82, 2.24) is 19.1 Å². The van der Waals surface area contributed by atoms with E-state index in [9.17, 15) is 14.7 Å². The zero-order chi connectivity index (χ0) is 15.2. The summed E-state index contributed by atoms with van der Waals surface area (Å²) in [6.45, 7) is 0.0149. The summed E-state index contributed by atoms with van der Waals surface area (Å²) in [5, 5.41) is 12.8.